The van der Waals surface area contributed by atoms with Crippen LogP contribution in [0.2, 0.25) is 0 Å². The molecule has 0 radical (unpaired) electrons. The van der Waals surface area contributed by atoms with Crippen molar-refractivity contribution >= 4 is 34.7 Å². The van der Waals surface area contributed by atoms with Crippen LogP contribution in [0.4, 0.5) is 11.4 Å². The van der Waals surface area contributed by atoms with Crippen molar-refractivity contribution in [3.8, 4) is 11.5 Å². The molecule has 3 aliphatic rings. The molecule has 0 amide bonds. The molecule has 2 aliphatic heterocycles. The lowest BCUT2D eigenvalue weighted by Gasteiger charge is -2.34. The Kier molecular flexibility index (Phi) is 5.78. The van der Waals surface area contributed by atoms with E-state index in [1.54, 1.807) is 30.0 Å². The molecule has 1 saturated carbocycles. The van der Waals surface area contributed by atoms with Gasteiger partial charge in [0, 0.05) is 42.4 Å². The fraction of sp³-hybridized carbons (Fsp3) is 0.333. The van der Waals surface area contributed by atoms with E-state index in [1.165, 1.54) is 14.2 Å². The van der Waals surface area contributed by atoms with Crippen LogP contribution < -0.4 is 19.7 Å². The average Bonchev–Trinajstić information content (AvgIpc) is 3.51. The number of amidine groups is 1. The van der Waals surface area contributed by atoms with E-state index >= 15 is 0 Å². The van der Waals surface area contributed by atoms with Crippen molar-refractivity contribution in [1.29, 1.82) is 5.41 Å². The molecule has 0 bridgehead atoms. The van der Waals surface area contributed by atoms with E-state index in [0.29, 0.717) is 29.3 Å². The zero-order valence-electron chi connectivity index (χ0n) is 20.3. The van der Waals surface area contributed by atoms with E-state index in [1.807, 2.05) is 24.3 Å². The molecule has 2 unspecified atom stereocenters. The highest BCUT2D eigenvalue weighted by molar-refractivity contribution is 6.38. The van der Waals surface area contributed by atoms with Crippen LogP contribution in [0.25, 0.3) is 0 Å². The first-order valence-corrected chi connectivity index (χ1v) is 11.8. The second-order valence-corrected chi connectivity index (χ2v) is 9.08. The molecule has 5 rings (SSSR count). The van der Waals surface area contributed by atoms with Gasteiger partial charge < -0.3 is 24.4 Å². The fourth-order valence-electron chi connectivity index (χ4n) is 5.43. The largest absolute Gasteiger partial charge is 0.497 e. The van der Waals surface area contributed by atoms with Crippen LogP contribution >= 0.6 is 0 Å². The van der Waals surface area contributed by atoms with Gasteiger partial charge in [0.25, 0.3) is 0 Å². The molecule has 9 heteroatoms. The Morgan fingerprint density at radius 3 is 2.47 bits per heavy atom. The first-order valence-electron chi connectivity index (χ1n) is 11.8. The van der Waals surface area contributed by atoms with Crippen molar-refractivity contribution in [2.75, 3.05) is 31.0 Å². The predicted octanol–water partition coefficient (Wildman–Crippen LogP) is 3.27. The molecule has 2 aromatic carbocycles. The summed E-state index contributed by atoms with van der Waals surface area (Å²) in [6.45, 7) is 1.80. The summed E-state index contributed by atoms with van der Waals surface area (Å²) in [5.74, 6) is -1.54. The van der Waals surface area contributed by atoms with Crippen molar-refractivity contribution in [3.63, 3.8) is 0 Å². The summed E-state index contributed by atoms with van der Waals surface area (Å²) in [5.41, 5.74) is 1.75. The van der Waals surface area contributed by atoms with Gasteiger partial charge in [-0.3, -0.25) is 19.8 Å². The number of allylic oxidation sites excluding steroid dienone is 1. The molecule has 2 fully saturated rings. The fourth-order valence-corrected chi connectivity index (χ4v) is 5.43. The first-order chi connectivity index (χ1) is 17.3. The minimum Gasteiger partial charge on any atom is -0.497 e. The monoisotopic (exact) mass is 489 g/mol. The second kappa shape index (κ2) is 8.82. The van der Waals surface area contributed by atoms with E-state index in [-0.39, 0.29) is 42.4 Å². The molecule has 1 saturated heterocycles. The molecule has 0 aromatic heterocycles. The van der Waals surface area contributed by atoms with E-state index in [2.05, 4.69) is 5.32 Å². The highest BCUT2D eigenvalue weighted by atomic mass is 16.5. The highest BCUT2D eigenvalue weighted by Gasteiger charge is 2.63. The van der Waals surface area contributed by atoms with Crippen LogP contribution in [0.15, 0.2) is 53.7 Å². The summed E-state index contributed by atoms with van der Waals surface area (Å²) in [4.78, 5) is 41.5. The molecular weight excluding hydrogens is 462 g/mol. The summed E-state index contributed by atoms with van der Waals surface area (Å²) >= 11 is 0. The van der Waals surface area contributed by atoms with Crippen molar-refractivity contribution in [1.82, 2.24) is 0 Å². The van der Waals surface area contributed by atoms with Crippen molar-refractivity contribution < 1.29 is 28.6 Å². The average molecular weight is 490 g/mol. The van der Waals surface area contributed by atoms with Gasteiger partial charge in [-0.05, 0) is 25.0 Å². The van der Waals surface area contributed by atoms with Gasteiger partial charge >= 0.3 is 5.97 Å². The van der Waals surface area contributed by atoms with Crippen LogP contribution in [0.1, 0.15) is 25.3 Å². The lowest BCUT2D eigenvalue weighted by Crippen LogP contribution is -2.48. The van der Waals surface area contributed by atoms with Crippen LogP contribution in [0, 0.1) is 11.3 Å². The number of esters is 1. The number of carbonyl (C=O) groups excluding carboxylic acids is 3. The summed E-state index contributed by atoms with van der Waals surface area (Å²) in [5, 5.41) is 12.5. The maximum atomic E-state index is 14.2. The van der Waals surface area contributed by atoms with Gasteiger partial charge in [0.15, 0.2) is 5.78 Å². The summed E-state index contributed by atoms with van der Waals surface area (Å²) in [6.07, 6.45) is 0.177. The summed E-state index contributed by atoms with van der Waals surface area (Å²) < 4.78 is 16.0. The normalized spacial score (nSPS) is 24.8. The van der Waals surface area contributed by atoms with E-state index in [4.69, 9.17) is 19.6 Å². The van der Waals surface area contributed by atoms with E-state index in [0.717, 1.165) is 11.3 Å². The number of Topliss-reactive ketones (excluding diaryl/α,β-unsaturated/α-hetero) is 2. The van der Waals surface area contributed by atoms with Gasteiger partial charge in [-0.1, -0.05) is 18.2 Å². The lowest BCUT2D eigenvalue weighted by molar-refractivity contribution is -0.150. The number of benzene rings is 2. The smallest absolute Gasteiger partial charge is 0.316 e. The van der Waals surface area contributed by atoms with E-state index in [9.17, 15) is 14.4 Å². The van der Waals surface area contributed by atoms with Gasteiger partial charge in [-0.25, -0.2) is 0 Å². The Morgan fingerprint density at radius 1 is 1.14 bits per heavy atom. The first kappa shape index (κ1) is 23.6. The molecule has 1 spiro atoms. The summed E-state index contributed by atoms with van der Waals surface area (Å²) in [7, 11) is 3.02. The number of fused-ring (bicyclic) bond motifs is 1. The van der Waals surface area contributed by atoms with Gasteiger partial charge in [0.2, 0.25) is 0 Å². The Hall–Kier alpha value is -4.14. The number of hydrogen-bond acceptors (Lipinski definition) is 8. The van der Waals surface area contributed by atoms with Crippen LogP contribution in [-0.2, 0) is 25.5 Å². The maximum absolute atomic E-state index is 14.2. The molecular formula is C27H27N3O6. The Labute approximate surface area is 208 Å². The topological polar surface area (TPSA) is 118 Å². The number of carbonyl (C=O) groups is 3. The maximum Gasteiger partial charge on any atom is 0.316 e. The number of rotatable bonds is 5. The van der Waals surface area contributed by atoms with Gasteiger partial charge in [0.05, 0.1) is 32.1 Å². The standard InChI is InChI=1S/C27H27N3O6/c1-4-36-26(33)19-13-27(14-22(19)31)24(32)23(21-9-15-7-5-6-8-20(15)29-21)25(28)30(27)16-10-17(34-2)12-18(11-16)35-3/h5-8,10-12,19,28-29H,4,9,13-14H2,1-3H3. The van der Waals surface area contributed by atoms with Crippen molar-refractivity contribution in [3.05, 3.63) is 59.3 Å². The SMILES string of the molecule is CCOC(=O)C1CC2(CC1=O)C(=O)C(=C1Cc3ccccc3N1)C(=N)N2c1cc(OC)cc(OC)c1. The quantitative estimate of drug-likeness (QED) is 0.373. The number of hydrogen-bond donors (Lipinski definition) is 2. The zero-order valence-corrected chi connectivity index (χ0v) is 20.3. The molecule has 1 aliphatic carbocycles. The second-order valence-electron chi connectivity index (χ2n) is 9.08. The minimum atomic E-state index is -1.43. The number of para-hydroxylation sites is 1. The van der Waals surface area contributed by atoms with Crippen molar-refractivity contribution in [2.24, 2.45) is 5.92 Å². The number of anilines is 2. The Bertz CT molecular complexity index is 1280. The number of ketones is 2. The molecule has 2 aromatic rings. The molecule has 2 heterocycles. The molecule has 2 atom stereocenters. The van der Waals surface area contributed by atoms with Crippen LogP contribution in [0.5, 0.6) is 11.5 Å². The molecule has 186 valence electrons. The number of methoxy groups -OCH3 is 2. The van der Waals surface area contributed by atoms with Gasteiger partial charge in [0.1, 0.15) is 34.6 Å². The molecule has 9 nitrogen and oxygen atoms in total. The van der Waals surface area contributed by atoms with Crippen LogP contribution in [-0.4, -0.2) is 49.7 Å². The zero-order chi connectivity index (χ0) is 25.6. The number of ether oxygens (including phenoxy) is 3. The van der Waals surface area contributed by atoms with Crippen LogP contribution in [0.3, 0.4) is 0 Å². The molecule has 2 N–H and O–H groups in total. The molecule has 36 heavy (non-hydrogen) atoms. The third-order valence-electron chi connectivity index (χ3n) is 7.07. The lowest BCUT2D eigenvalue weighted by atomic mass is 9.88. The number of nitrogens with zero attached hydrogens (tertiary/aromatic N) is 1. The summed E-state index contributed by atoms with van der Waals surface area (Å²) in [6, 6.07) is 12.8. The Balaban J connectivity index is 1.66. The van der Waals surface area contributed by atoms with Gasteiger partial charge in [-0.15, -0.1) is 0 Å². The number of nitrogens with one attached hydrogen (secondary N) is 2. The van der Waals surface area contributed by atoms with Crippen molar-refractivity contribution in [2.45, 2.75) is 31.7 Å². The van der Waals surface area contributed by atoms with Gasteiger partial charge in [-0.2, -0.15) is 0 Å². The minimum absolute atomic E-state index is 0.0390. The third-order valence-corrected chi connectivity index (χ3v) is 7.07. The van der Waals surface area contributed by atoms with E-state index < -0.39 is 17.4 Å². The third kappa shape index (κ3) is 3.54. The predicted molar refractivity (Wildman–Crippen MR) is 133 cm³/mol. The Morgan fingerprint density at radius 2 is 1.83 bits per heavy atom. The highest BCUT2D eigenvalue weighted by Crippen LogP contribution is 2.49.